The molecule has 1 aliphatic rings. The van der Waals surface area contributed by atoms with E-state index in [2.05, 4.69) is 54.0 Å². The second-order valence-corrected chi connectivity index (χ2v) is 6.66. The second kappa shape index (κ2) is 7.07. The van der Waals surface area contributed by atoms with Crippen molar-refractivity contribution >= 4 is 17.2 Å². The van der Waals surface area contributed by atoms with Crippen molar-refractivity contribution in [2.24, 2.45) is 0 Å². The number of amides is 1. The Morgan fingerprint density at radius 1 is 1.27 bits per heavy atom. The Kier molecular flexibility index (Phi) is 4.90. The number of rotatable bonds is 5. The SMILES string of the molecule is CCCN1CCNC(Cc2ccc(-c3cccs3)cc2)C1=O. The molecule has 1 fully saturated rings. The monoisotopic (exact) mass is 314 g/mol. The minimum atomic E-state index is -0.0760. The molecule has 116 valence electrons. The van der Waals surface area contributed by atoms with Gasteiger partial charge in [-0.1, -0.05) is 37.3 Å². The number of benzene rings is 1. The molecule has 1 aliphatic heterocycles. The Labute approximate surface area is 136 Å². The zero-order chi connectivity index (χ0) is 15.4. The molecule has 0 spiro atoms. The fourth-order valence-electron chi connectivity index (χ4n) is 2.93. The molecular formula is C18H22N2OS. The van der Waals surface area contributed by atoms with E-state index in [4.69, 9.17) is 0 Å². The van der Waals surface area contributed by atoms with Crippen molar-refractivity contribution in [3.05, 3.63) is 47.3 Å². The van der Waals surface area contributed by atoms with Crippen LogP contribution in [0.25, 0.3) is 10.4 Å². The lowest BCUT2D eigenvalue weighted by atomic mass is 10.0. The van der Waals surface area contributed by atoms with Gasteiger partial charge in [0.05, 0.1) is 6.04 Å². The first kappa shape index (κ1) is 15.3. The van der Waals surface area contributed by atoms with Gasteiger partial charge in [-0.2, -0.15) is 0 Å². The average molecular weight is 314 g/mol. The molecule has 1 unspecified atom stereocenters. The van der Waals surface area contributed by atoms with Crippen molar-refractivity contribution in [3.8, 4) is 10.4 Å². The van der Waals surface area contributed by atoms with Gasteiger partial charge in [-0.15, -0.1) is 11.3 Å². The van der Waals surface area contributed by atoms with Gasteiger partial charge in [-0.05, 0) is 35.4 Å². The number of piperazine rings is 1. The molecule has 3 rings (SSSR count). The van der Waals surface area contributed by atoms with E-state index in [0.717, 1.165) is 32.5 Å². The largest absolute Gasteiger partial charge is 0.340 e. The quantitative estimate of drug-likeness (QED) is 0.919. The molecular weight excluding hydrogens is 292 g/mol. The third-order valence-electron chi connectivity index (χ3n) is 4.08. The van der Waals surface area contributed by atoms with E-state index in [9.17, 15) is 4.79 Å². The van der Waals surface area contributed by atoms with Gasteiger partial charge in [0.1, 0.15) is 0 Å². The normalized spacial score (nSPS) is 18.7. The highest BCUT2D eigenvalue weighted by molar-refractivity contribution is 7.13. The Morgan fingerprint density at radius 2 is 2.09 bits per heavy atom. The molecule has 22 heavy (non-hydrogen) atoms. The van der Waals surface area contributed by atoms with Crippen molar-refractivity contribution in [2.75, 3.05) is 19.6 Å². The van der Waals surface area contributed by atoms with Crippen molar-refractivity contribution in [1.82, 2.24) is 10.2 Å². The maximum Gasteiger partial charge on any atom is 0.240 e. The average Bonchev–Trinajstić information content (AvgIpc) is 3.07. The molecule has 2 aromatic rings. The van der Waals surface area contributed by atoms with Crippen LogP contribution in [0.3, 0.4) is 0 Å². The van der Waals surface area contributed by atoms with Crippen LogP contribution in [0.4, 0.5) is 0 Å². The van der Waals surface area contributed by atoms with Crippen molar-refractivity contribution in [2.45, 2.75) is 25.8 Å². The highest BCUT2D eigenvalue weighted by atomic mass is 32.1. The number of nitrogens with one attached hydrogen (secondary N) is 1. The zero-order valence-corrected chi connectivity index (χ0v) is 13.7. The van der Waals surface area contributed by atoms with Crippen molar-refractivity contribution in [3.63, 3.8) is 0 Å². The molecule has 1 aromatic heterocycles. The van der Waals surface area contributed by atoms with Crippen LogP contribution in [-0.4, -0.2) is 36.5 Å². The lowest BCUT2D eigenvalue weighted by molar-refractivity contribution is -0.135. The van der Waals surface area contributed by atoms with Gasteiger partial charge in [-0.25, -0.2) is 0 Å². The van der Waals surface area contributed by atoms with E-state index in [-0.39, 0.29) is 11.9 Å². The summed E-state index contributed by atoms with van der Waals surface area (Å²) in [6, 6.07) is 12.7. The first-order valence-corrected chi connectivity index (χ1v) is 8.81. The second-order valence-electron chi connectivity index (χ2n) is 5.71. The van der Waals surface area contributed by atoms with E-state index in [1.807, 2.05) is 4.90 Å². The van der Waals surface area contributed by atoms with Crippen molar-refractivity contribution < 1.29 is 4.79 Å². The Hall–Kier alpha value is -1.65. The van der Waals surface area contributed by atoms with Crippen LogP contribution in [-0.2, 0) is 11.2 Å². The summed E-state index contributed by atoms with van der Waals surface area (Å²) in [5.74, 6) is 0.246. The van der Waals surface area contributed by atoms with Crippen LogP contribution >= 0.6 is 11.3 Å². The van der Waals surface area contributed by atoms with Gasteiger partial charge in [0.2, 0.25) is 5.91 Å². The molecule has 1 saturated heterocycles. The summed E-state index contributed by atoms with van der Waals surface area (Å²) in [5.41, 5.74) is 2.46. The summed E-state index contributed by atoms with van der Waals surface area (Å²) < 4.78 is 0. The third kappa shape index (κ3) is 3.39. The molecule has 0 aliphatic carbocycles. The van der Waals surface area contributed by atoms with E-state index in [1.165, 1.54) is 16.0 Å². The van der Waals surface area contributed by atoms with Crippen LogP contribution in [0.5, 0.6) is 0 Å². The molecule has 1 aromatic carbocycles. The summed E-state index contributed by atoms with van der Waals surface area (Å²) in [7, 11) is 0. The van der Waals surface area contributed by atoms with E-state index in [0.29, 0.717) is 0 Å². The van der Waals surface area contributed by atoms with Gasteiger partial charge < -0.3 is 10.2 Å². The molecule has 0 bridgehead atoms. The summed E-state index contributed by atoms with van der Waals surface area (Å²) in [4.78, 5) is 15.7. The topological polar surface area (TPSA) is 32.3 Å². The molecule has 1 atom stereocenters. The number of hydrogen-bond donors (Lipinski definition) is 1. The molecule has 0 saturated carbocycles. The summed E-state index contributed by atoms with van der Waals surface area (Å²) in [5, 5.41) is 5.45. The minimum Gasteiger partial charge on any atom is -0.340 e. The smallest absolute Gasteiger partial charge is 0.240 e. The van der Waals surface area contributed by atoms with Crippen molar-refractivity contribution in [1.29, 1.82) is 0 Å². The van der Waals surface area contributed by atoms with Crippen LogP contribution in [0.1, 0.15) is 18.9 Å². The van der Waals surface area contributed by atoms with Gasteiger partial charge in [0, 0.05) is 24.5 Å². The van der Waals surface area contributed by atoms with Gasteiger partial charge >= 0.3 is 0 Å². The maximum atomic E-state index is 12.4. The van der Waals surface area contributed by atoms with Gasteiger partial charge in [0.15, 0.2) is 0 Å². The number of thiophene rings is 1. The number of carbonyl (C=O) groups excluding carboxylic acids is 1. The Balaban J connectivity index is 1.66. The first-order valence-electron chi connectivity index (χ1n) is 7.93. The predicted octanol–water partition coefficient (Wildman–Crippen LogP) is 3.17. The highest BCUT2D eigenvalue weighted by Crippen LogP contribution is 2.25. The van der Waals surface area contributed by atoms with E-state index in [1.54, 1.807) is 11.3 Å². The Morgan fingerprint density at radius 3 is 2.77 bits per heavy atom. The third-order valence-corrected chi connectivity index (χ3v) is 4.99. The van der Waals surface area contributed by atoms with E-state index >= 15 is 0 Å². The summed E-state index contributed by atoms with van der Waals surface area (Å²) >= 11 is 1.75. The predicted molar refractivity (Wildman–Crippen MR) is 92.1 cm³/mol. The van der Waals surface area contributed by atoms with Gasteiger partial charge in [-0.3, -0.25) is 4.79 Å². The first-order chi connectivity index (χ1) is 10.8. The zero-order valence-electron chi connectivity index (χ0n) is 12.9. The van der Waals surface area contributed by atoms with Crippen LogP contribution in [0.15, 0.2) is 41.8 Å². The fourth-order valence-corrected chi connectivity index (χ4v) is 3.66. The van der Waals surface area contributed by atoms with Gasteiger partial charge in [0.25, 0.3) is 0 Å². The lowest BCUT2D eigenvalue weighted by Gasteiger charge is -2.33. The molecule has 0 radical (unpaired) electrons. The van der Waals surface area contributed by atoms with Crippen LogP contribution in [0.2, 0.25) is 0 Å². The maximum absolute atomic E-state index is 12.4. The van der Waals surface area contributed by atoms with E-state index < -0.39 is 0 Å². The standard InChI is InChI=1S/C18H22N2OS/c1-2-10-20-11-9-19-16(18(20)21)13-14-5-7-15(8-6-14)17-4-3-12-22-17/h3-8,12,16,19H,2,9-11,13H2,1H3. The van der Waals surface area contributed by atoms with Crippen LogP contribution in [0, 0.1) is 0 Å². The fraction of sp³-hybridized carbons (Fsp3) is 0.389. The summed E-state index contributed by atoms with van der Waals surface area (Å²) in [6.45, 7) is 4.71. The molecule has 2 heterocycles. The lowest BCUT2D eigenvalue weighted by Crippen LogP contribution is -2.55. The molecule has 1 amide bonds. The molecule has 4 heteroatoms. The van der Waals surface area contributed by atoms with Crippen LogP contribution < -0.4 is 5.32 Å². The highest BCUT2D eigenvalue weighted by Gasteiger charge is 2.27. The number of hydrogen-bond acceptors (Lipinski definition) is 3. The Bertz CT molecular complexity index is 605. The molecule has 3 nitrogen and oxygen atoms in total. The molecule has 1 N–H and O–H groups in total. The minimum absolute atomic E-state index is 0.0760. The summed E-state index contributed by atoms with van der Waals surface area (Å²) in [6.07, 6.45) is 1.79. The number of nitrogens with zero attached hydrogens (tertiary/aromatic N) is 1. The number of carbonyl (C=O) groups is 1.